The van der Waals surface area contributed by atoms with Gasteiger partial charge in [0.25, 0.3) is 0 Å². The van der Waals surface area contributed by atoms with E-state index < -0.39 is 35.7 Å². The van der Waals surface area contributed by atoms with Gasteiger partial charge in [0.1, 0.15) is 6.04 Å². The van der Waals surface area contributed by atoms with Gasteiger partial charge in [-0.25, -0.2) is 9.59 Å². The van der Waals surface area contributed by atoms with Crippen molar-refractivity contribution < 1.29 is 24.6 Å². The SMILES string of the molecule is Cc1cccc(CN2CCN([C@H](C(=O)N[C@@H](Cc3ccccc3)[C@@H](O)C[C@H](Cc3ccc(-c4ccccn4)cc3)N(Cc3ccccc3)C(=O)O)C(C)(C)C)C2=O)n1. The van der Waals surface area contributed by atoms with E-state index in [1.54, 1.807) is 16.0 Å². The van der Waals surface area contributed by atoms with E-state index in [9.17, 15) is 24.6 Å². The number of aryl methyl sites for hydroxylation is 1. The monoisotopic (exact) mass is 782 g/mol. The van der Waals surface area contributed by atoms with Crippen LogP contribution in [0.2, 0.25) is 0 Å². The molecule has 302 valence electrons. The van der Waals surface area contributed by atoms with Gasteiger partial charge in [0.15, 0.2) is 0 Å². The van der Waals surface area contributed by atoms with Crippen LogP contribution in [0.25, 0.3) is 11.3 Å². The van der Waals surface area contributed by atoms with Gasteiger partial charge in [-0.1, -0.05) is 118 Å². The molecule has 0 radical (unpaired) electrons. The summed E-state index contributed by atoms with van der Waals surface area (Å²) in [4.78, 5) is 55.3. The fourth-order valence-electron chi connectivity index (χ4n) is 7.80. The molecule has 1 aliphatic rings. The molecule has 3 heterocycles. The lowest BCUT2D eigenvalue weighted by molar-refractivity contribution is -0.130. The molecule has 5 aromatic rings. The van der Waals surface area contributed by atoms with Gasteiger partial charge >= 0.3 is 12.1 Å². The van der Waals surface area contributed by atoms with Crippen molar-refractivity contribution in [3.05, 3.63) is 156 Å². The number of aliphatic hydroxyl groups excluding tert-OH is 1. The Hall–Kier alpha value is -6.07. The normalized spacial score (nSPS) is 15.1. The van der Waals surface area contributed by atoms with E-state index in [0.29, 0.717) is 32.5 Å². The number of amides is 4. The van der Waals surface area contributed by atoms with Crippen LogP contribution in [0.4, 0.5) is 9.59 Å². The fourth-order valence-corrected chi connectivity index (χ4v) is 7.80. The highest BCUT2D eigenvalue weighted by Gasteiger charge is 2.44. The number of hydrogen-bond donors (Lipinski definition) is 3. The second-order valence-corrected chi connectivity index (χ2v) is 16.2. The summed E-state index contributed by atoms with van der Waals surface area (Å²) < 4.78 is 0. The van der Waals surface area contributed by atoms with Crippen LogP contribution in [0.15, 0.2) is 128 Å². The molecule has 3 aromatic carbocycles. The Morgan fingerprint density at radius 1 is 0.810 bits per heavy atom. The molecule has 58 heavy (non-hydrogen) atoms. The number of rotatable bonds is 16. The minimum Gasteiger partial charge on any atom is -0.465 e. The van der Waals surface area contributed by atoms with Crippen LogP contribution >= 0.6 is 0 Å². The predicted molar refractivity (Wildman–Crippen MR) is 225 cm³/mol. The molecule has 11 heteroatoms. The molecule has 0 spiro atoms. The van der Waals surface area contributed by atoms with E-state index in [1.807, 2.05) is 149 Å². The van der Waals surface area contributed by atoms with Crippen LogP contribution in [0.1, 0.15) is 55.3 Å². The number of nitrogens with zero attached hydrogens (tertiary/aromatic N) is 5. The molecule has 1 saturated heterocycles. The number of nitrogens with one attached hydrogen (secondary N) is 1. The second kappa shape index (κ2) is 18.9. The van der Waals surface area contributed by atoms with Gasteiger partial charge in [-0.2, -0.15) is 0 Å². The molecule has 3 N–H and O–H groups in total. The number of carbonyl (C=O) groups excluding carboxylic acids is 2. The molecule has 6 rings (SSSR count). The Morgan fingerprint density at radius 2 is 1.47 bits per heavy atom. The number of carbonyl (C=O) groups is 3. The zero-order valence-electron chi connectivity index (χ0n) is 33.7. The summed E-state index contributed by atoms with van der Waals surface area (Å²) >= 11 is 0. The third-order valence-corrected chi connectivity index (χ3v) is 10.7. The summed E-state index contributed by atoms with van der Waals surface area (Å²) in [5.41, 5.74) is 5.36. The lowest BCUT2D eigenvalue weighted by Gasteiger charge is -2.38. The van der Waals surface area contributed by atoms with Gasteiger partial charge in [0, 0.05) is 43.1 Å². The predicted octanol–water partition coefficient (Wildman–Crippen LogP) is 7.37. The van der Waals surface area contributed by atoms with E-state index in [0.717, 1.165) is 39.3 Å². The standard InChI is InChI=1S/C47H54N6O5/c1-33-14-13-19-38(49-33)32-51-26-27-52(45(51)56)43(47(2,3)4)44(55)50-41(29-34-15-7-5-8-16-34)42(54)30-39(53(46(57)58)31-36-17-9-6-10-18-36)28-35-21-23-37(24-22-35)40-20-11-12-25-48-40/h5-25,39,41-43,54H,26-32H2,1-4H3,(H,50,55)(H,57,58)/t39-,41-,42-,43+/m0/s1. The maximum Gasteiger partial charge on any atom is 0.407 e. The van der Waals surface area contributed by atoms with Crippen molar-refractivity contribution in [1.82, 2.24) is 30.0 Å². The minimum absolute atomic E-state index is 0.0407. The fraction of sp³-hybridized carbons (Fsp3) is 0.340. The van der Waals surface area contributed by atoms with Crippen LogP contribution in [0, 0.1) is 12.3 Å². The van der Waals surface area contributed by atoms with Crippen molar-refractivity contribution in [2.45, 2.75) is 84.3 Å². The number of benzene rings is 3. The summed E-state index contributed by atoms with van der Waals surface area (Å²) in [7, 11) is 0. The lowest BCUT2D eigenvalue weighted by atomic mass is 9.84. The quantitative estimate of drug-likeness (QED) is 0.0950. The first-order valence-corrected chi connectivity index (χ1v) is 19.9. The van der Waals surface area contributed by atoms with Crippen molar-refractivity contribution in [1.29, 1.82) is 0 Å². The zero-order chi connectivity index (χ0) is 41.2. The number of hydrogen-bond acceptors (Lipinski definition) is 6. The first kappa shape index (κ1) is 41.6. The maximum atomic E-state index is 14.6. The average molecular weight is 783 g/mol. The molecule has 2 aromatic heterocycles. The van der Waals surface area contributed by atoms with Crippen molar-refractivity contribution in [3.63, 3.8) is 0 Å². The first-order chi connectivity index (χ1) is 27.9. The van der Waals surface area contributed by atoms with Gasteiger partial charge in [-0.3, -0.25) is 14.8 Å². The second-order valence-electron chi connectivity index (χ2n) is 16.2. The third-order valence-electron chi connectivity index (χ3n) is 10.7. The number of aliphatic hydroxyl groups is 1. The maximum absolute atomic E-state index is 14.6. The number of pyridine rings is 2. The van der Waals surface area contributed by atoms with Crippen molar-refractivity contribution in [2.24, 2.45) is 5.41 Å². The zero-order valence-corrected chi connectivity index (χ0v) is 33.7. The largest absolute Gasteiger partial charge is 0.465 e. The van der Waals surface area contributed by atoms with E-state index in [1.165, 1.54) is 4.90 Å². The molecule has 0 unspecified atom stereocenters. The highest BCUT2D eigenvalue weighted by molar-refractivity contribution is 5.89. The molecule has 1 fully saturated rings. The summed E-state index contributed by atoms with van der Waals surface area (Å²) in [6.45, 7) is 8.97. The summed E-state index contributed by atoms with van der Waals surface area (Å²) in [5, 5.41) is 26.1. The van der Waals surface area contributed by atoms with Crippen LogP contribution in [-0.2, 0) is 30.7 Å². The Kier molecular flexibility index (Phi) is 13.6. The number of aromatic nitrogens is 2. The highest BCUT2D eigenvalue weighted by atomic mass is 16.4. The van der Waals surface area contributed by atoms with E-state index in [-0.39, 0.29) is 24.9 Å². The molecule has 1 aliphatic heterocycles. The van der Waals surface area contributed by atoms with Crippen molar-refractivity contribution in [2.75, 3.05) is 13.1 Å². The Labute approximate surface area is 341 Å². The van der Waals surface area contributed by atoms with Crippen LogP contribution < -0.4 is 5.32 Å². The Morgan fingerprint density at radius 3 is 2.09 bits per heavy atom. The Balaban J connectivity index is 1.27. The molecular weight excluding hydrogens is 729 g/mol. The average Bonchev–Trinajstić information content (AvgIpc) is 3.55. The van der Waals surface area contributed by atoms with Crippen molar-refractivity contribution >= 4 is 18.0 Å². The van der Waals surface area contributed by atoms with Gasteiger partial charge in [0.05, 0.1) is 30.1 Å². The number of urea groups is 1. The topological polar surface area (TPSA) is 139 Å². The smallest absolute Gasteiger partial charge is 0.407 e. The van der Waals surface area contributed by atoms with Crippen LogP contribution in [0.3, 0.4) is 0 Å². The van der Waals surface area contributed by atoms with Crippen LogP contribution in [-0.4, -0.2) is 90.2 Å². The van der Waals surface area contributed by atoms with Gasteiger partial charge in [-0.15, -0.1) is 0 Å². The molecule has 0 bridgehead atoms. The minimum atomic E-state index is -1.15. The molecule has 4 amide bonds. The van der Waals surface area contributed by atoms with Gasteiger partial charge in [0.2, 0.25) is 5.91 Å². The molecule has 11 nitrogen and oxygen atoms in total. The summed E-state index contributed by atoms with van der Waals surface area (Å²) in [6, 6.07) is 35.8. The van der Waals surface area contributed by atoms with Gasteiger partial charge in [-0.05, 0) is 72.6 Å². The molecular formula is C47H54N6O5. The molecule has 0 saturated carbocycles. The third kappa shape index (κ3) is 10.9. The first-order valence-electron chi connectivity index (χ1n) is 19.9. The number of carboxylic acid groups (broad SMARTS) is 1. The Bertz CT molecular complexity index is 2110. The lowest BCUT2D eigenvalue weighted by Crippen LogP contribution is -2.58. The van der Waals surface area contributed by atoms with E-state index in [2.05, 4.69) is 15.3 Å². The van der Waals surface area contributed by atoms with E-state index >= 15 is 0 Å². The molecule has 4 atom stereocenters. The van der Waals surface area contributed by atoms with Gasteiger partial charge < -0.3 is 30.2 Å². The summed E-state index contributed by atoms with van der Waals surface area (Å²) in [6.07, 6.45) is 0.133. The van der Waals surface area contributed by atoms with Crippen molar-refractivity contribution in [3.8, 4) is 11.3 Å². The summed E-state index contributed by atoms with van der Waals surface area (Å²) in [5.74, 6) is -0.377. The van der Waals surface area contributed by atoms with E-state index in [4.69, 9.17) is 0 Å². The highest BCUT2D eigenvalue weighted by Crippen LogP contribution is 2.30. The molecule has 0 aliphatic carbocycles. The van der Waals surface area contributed by atoms with Crippen LogP contribution in [0.5, 0.6) is 0 Å².